The largest absolute Gasteiger partial charge is 0.386 e. The highest BCUT2D eigenvalue weighted by Gasteiger charge is 2.18. The molecule has 0 amide bonds. The van der Waals surface area contributed by atoms with Gasteiger partial charge in [0.15, 0.2) is 11.5 Å². The zero-order valence-electron chi connectivity index (χ0n) is 17.9. The summed E-state index contributed by atoms with van der Waals surface area (Å²) in [6, 6.07) is 12.2. The van der Waals surface area contributed by atoms with Gasteiger partial charge >= 0.3 is 11.9 Å². The maximum absolute atomic E-state index is 12.2. The number of hydrogen-bond acceptors (Lipinski definition) is 8. The predicted molar refractivity (Wildman–Crippen MR) is 107 cm³/mol. The fourth-order valence-electron chi connectivity index (χ4n) is 1.87. The Balaban J connectivity index is 1.94. The van der Waals surface area contributed by atoms with E-state index in [1.165, 1.54) is 24.3 Å². The molecule has 2 aromatic rings. The van der Waals surface area contributed by atoms with Gasteiger partial charge in [0, 0.05) is 0 Å². The van der Waals surface area contributed by atoms with Crippen LogP contribution in [0.1, 0.15) is 62.3 Å². The van der Waals surface area contributed by atoms with Gasteiger partial charge in [0.2, 0.25) is 0 Å². The third-order valence-corrected chi connectivity index (χ3v) is 3.11. The van der Waals surface area contributed by atoms with Crippen molar-refractivity contribution in [2.45, 2.75) is 52.7 Å². The molecule has 2 rings (SSSR count). The summed E-state index contributed by atoms with van der Waals surface area (Å²) in [5.41, 5.74) is -0.813. The molecule has 8 heteroatoms. The molecule has 0 radical (unpaired) electrons. The molecule has 0 aliphatic carbocycles. The highest BCUT2D eigenvalue weighted by atomic mass is 17.2. The van der Waals surface area contributed by atoms with Crippen molar-refractivity contribution in [2.24, 2.45) is 0 Å². The summed E-state index contributed by atoms with van der Waals surface area (Å²) in [6.45, 7) is 10.9. The van der Waals surface area contributed by atoms with E-state index in [2.05, 4.69) is 9.78 Å². The molecular formula is C22H26O8. The second kappa shape index (κ2) is 9.60. The lowest BCUT2D eigenvalue weighted by Gasteiger charge is -2.17. The molecule has 0 atom stereocenters. The summed E-state index contributed by atoms with van der Waals surface area (Å²) >= 11 is 0. The topological polar surface area (TPSA) is 89.5 Å². The van der Waals surface area contributed by atoms with Crippen LogP contribution in [0.2, 0.25) is 0 Å². The molecule has 0 unspecified atom stereocenters. The van der Waals surface area contributed by atoms with E-state index in [0.717, 1.165) is 0 Å². The minimum absolute atomic E-state index is 0.119. The van der Waals surface area contributed by atoms with E-state index in [4.69, 9.17) is 19.6 Å². The van der Waals surface area contributed by atoms with Crippen molar-refractivity contribution in [3.8, 4) is 11.5 Å². The van der Waals surface area contributed by atoms with E-state index in [1.807, 2.05) is 41.5 Å². The number of hydrogen-bond donors (Lipinski definition) is 0. The second-order valence-corrected chi connectivity index (χ2v) is 8.36. The van der Waals surface area contributed by atoms with Crippen LogP contribution in [-0.2, 0) is 19.6 Å². The number of benzene rings is 2. The molecule has 8 nitrogen and oxygen atoms in total. The van der Waals surface area contributed by atoms with E-state index < -0.39 is 23.1 Å². The fourth-order valence-corrected chi connectivity index (χ4v) is 1.87. The summed E-state index contributed by atoms with van der Waals surface area (Å²) in [5, 5.41) is 0. The van der Waals surface area contributed by atoms with Gasteiger partial charge in [-0.25, -0.2) is 19.4 Å². The molecule has 2 aromatic carbocycles. The minimum atomic E-state index is -0.868. The van der Waals surface area contributed by atoms with Gasteiger partial charge in [-0.05, 0) is 77.9 Å². The van der Waals surface area contributed by atoms with Crippen molar-refractivity contribution in [2.75, 3.05) is 0 Å². The lowest BCUT2D eigenvalue weighted by molar-refractivity contribution is -0.274. The first kappa shape index (κ1) is 23.2. The Morgan fingerprint density at radius 3 is 1.33 bits per heavy atom. The van der Waals surface area contributed by atoms with Gasteiger partial charge in [0.05, 0.1) is 11.1 Å². The molecule has 0 spiro atoms. The first-order chi connectivity index (χ1) is 13.9. The molecule has 0 aliphatic heterocycles. The average Bonchev–Trinajstić information content (AvgIpc) is 2.68. The van der Waals surface area contributed by atoms with Crippen molar-refractivity contribution in [1.82, 2.24) is 0 Å². The summed E-state index contributed by atoms with van der Waals surface area (Å²) in [5.74, 6) is -1.13. The smallest absolute Gasteiger partial charge is 0.337 e. The number of carbonyl (C=O) groups excluding carboxylic acids is 2. The van der Waals surface area contributed by atoms with Crippen LogP contribution in [0.15, 0.2) is 48.5 Å². The Morgan fingerprint density at radius 2 is 1.00 bits per heavy atom. The van der Waals surface area contributed by atoms with Crippen molar-refractivity contribution in [1.29, 1.82) is 0 Å². The van der Waals surface area contributed by atoms with E-state index in [1.54, 1.807) is 24.3 Å². The van der Waals surface area contributed by atoms with Crippen molar-refractivity contribution < 1.29 is 38.9 Å². The lowest BCUT2D eigenvalue weighted by Crippen LogP contribution is -2.21. The molecule has 0 fully saturated rings. The summed E-state index contributed by atoms with van der Waals surface area (Å²) in [4.78, 5) is 54.4. The molecule has 0 aromatic heterocycles. The zero-order chi connectivity index (χ0) is 22.4. The lowest BCUT2D eigenvalue weighted by atomic mass is 10.2. The van der Waals surface area contributed by atoms with E-state index in [9.17, 15) is 9.59 Å². The SMILES string of the molecule is CC(C)(C)OOc1cccc(C(=O)OOC(=O)c2cccc(OOC(C)(C)C)c2)c1. The normalized spacial score (nSPS) is 11.5. The number of rotatable bonds is 6. The summed E-state index contributed by atoms with van der Waals surface area (Å²) < 4.78 is 0. The highest BCUT2D eigenvalue weighted by Crippen LogP contribution is 2.19. The maximum atomic E-state index is 12.2. The summed E-state index contributed by atoms with van der Waals surface area (Å²) in [7, 11) is 0. The van der Waals surface area contributed by atoms with Crippen LogP contribution in [0.25, 0.3) is 0 Å². The Hall–Kier alpha value is -3.10. The van der Waals surface area contributed by atoms with Crippen LogP contribution >= 0.6 is 0 Å². The van der Waals surface area contributed by atoms with Crippen LogP contribution in [-0.4, -0.2) is 23.1 Å². The first-order valence-electron chi connectivity index (χ1n) is 9.28. The van der Waals surface area contributed by atoms with Crippen molar-refractivity contribution >= 4 is 11.9 Å². The average molecular weight is 418 g/mol. The first-order valence-corrected chi connectivity index (χ1v) is 9.28. The van der Waals surface area contributed by atoms with Crippen LogP contribution in [0.4, 0.5) is 0 Å². The Morgan fingerprint density at radius 1 is 0.633 bits per heavy atom. The molecule has 0 saturated carbocycles. The van der Waals surface area contributed by atoms with Gasteiger partial charge in [-0.15, -0.1) is 0 Å². The molecule has 0 aliphatic rings. The quantitative estimate of drug-likeness (QED) is 0.487. The Kier molecular flexibility index (Phi) is 7.42. The third-order valence-electron chi connectivity index (χ3n) is 3.11. The maximum Gasteiger partial charge on any atom is 0.386 e. The Labute approximate surface area is 175 Å². The van der Waals surface area contributed by atoms with Crippen molar-refractivity contribution in [3.63, 3.8) is 0 Å². The third kappa shape index (κ3) is 8.10. The van der Waals surface area contributed by atoms with Crippen LogP contribution in [0.3, 0.4) is 0 Å². The molecule has 0 heterocycles. The zero-order valence-corrected chi connectivity index (χ0v) is 17.9. The van der Waals surface area contributed by atoms with Gasteiger partial charge in [0.25, 0.3) is 0 Å². The molecule has 0 N–H and O–H groups in total. The van der Waals surface area contributed by atoms with Gasteiger partial charge in [-0.1, -0.05) is 12.1 Å². The van der Waals surface area contributed by atoms with E-state index in [-0.39, 0.29) is 11.1 Å². The number of carbonyl (C=O) groups is 2. The Bertz CT molecular complexity index is 804. The van der Waals surface area contributed by atoms with Crippen LogP contribution in [0, 0.1) is 0 Å². The van der Waals surface area contributed by atoms with Gasteiger partial charge in [-0.3, -0.25) is 0 Å². The molecule has 30 heavy (non-hydrogen) atoms. The minimum Gasteiger partial charge on any atom is -0.337 e. The van der Waals surface area contributed by atoms with E-state index >= 15 is 0 Å². The van der Waals surface area contributed by atoms with Crippen molar-refractivity contribution in [3.05, 3.63) is 59.7 Å². The molecule has 0 saturated heterocycles. The van der Waals surface area contributed by atoms with E-state index in [0.29, 0.717) is 11.5 Å². The molecule has 162 valence electrons. The molecular weight excluding hydrogens is 392 g/mol. The monoisotopic (exact) mass is 418 g/mol. The summed E-state index contributed by atoms with van der Waals surface area (Å²) in [6.07, 6.45) is 0. The van der Waals surface area contributed by atoms with Gasteiger partial charge in [-0.2, -0.15) is 9.78 Å². The van der Waals surface area contributed by atoms with Crippen LogP contribution in [0.5, 0.6) is 11.5 Å². The van der Waals surface area contributed by atoms with Gasteiger partial charge < -0.3 is 9.78 Å². The standard InChI is InChI=1S/C22H26O8/c1-21(2,3)29-25-17-11-7-9-15(13-17)19(23)27-28-20(24)16-10-8-12-18(14-16)26-30-22(4,5)6/h7-14H,1-6H3. The van der Waals surface area contributed by atoms with Gasteiger partial charge in [0.1, 0.15) is 11.2 Å². The van der Waals surface area contributed by atoms with Crippen LogP contribution < -0.4 is 9.78 Å². The highest BCUT2D eigenvalue weighted by molar-refractivity contribution is 5.92. The second-order valence-electron chi connectivity index (χ2n) is 8.36. The fraction of sp³-hybridized carbons (Fsp3) is 0.364. The molecule has 0 bridgehead atoms. The predicted octanol–water partition coefficient (Wildman–Crippen LogP) is 4.83.